The van der Waals surface area contributed by atoms with Crippen molar-refractivity contribution in [1.82, 2.24) is 4.57 Å². The summed E-state index contributed by atoms with van der Waals surface area (Å²) in [5.41, 5.74) is 0.914. The third-order valence-electron chi connectivity index (χ3n) is 3.12. The number of aryl methyl sites for hydroxylation is 1. The molecule has 5 heteroatoms. The zero-order valence-corrected chi connectivity index (χ0v) is 10.2. The maximum atomic E-state index is 13.5. The Bertz CT molecular complexity index is 513. The Hall–Kier alpha value is -1.33. The summed E-state index contributed by atoms with van der Waals surface area (Å²) in [5.74, 6) is -0.186. The van der Waals surface area contributed by atoms with Crippen LogP contribution in [0.25, 0.3) is 10.9 Å². The summed E-state index contributed by atoms with van der Waals surface area (Å²) in [4.78, 5) is 0. The van der Waals surface area contributed by atoms with Crippen LogP contribution in [0.4, 0.5) is 4.39 Å². The standard InChI is InChI=1S/C13H17BFNO2/c15-12-5-4-6-13-11(12)7-10-16(13)9-3-1-2-8-14(17)18/h4-7,10,17-18H,1-3,8-9H2. The molecule has 1 aromatic carbocycles. The number of fused-ring (bicyclic) bond motifs is 1. The number of hydrogen-bond acceptors (Lipinski definition) is 2. The van der Waals surface area contributed by atoms with E-state index in [1.54, 1.807) is 12.1 Å². The average Bonchev–Trinajstić information content (AvgIpc) is 2.73. The molecule has 0 atom stereocenters. The molecule has 0 saturated carbocycles. The van der Waals surface area contributed by atoms with Crippen molar-refractivity contribution in [1.29, 1.82) is 0 Å². The van der Waals surface area contributed by atoms with Crippen molar-refractivity contribution in [2.24, 2.45) is 0 Å². The topological polar surface area (TPSA) is 45.4 Å². The van der Waals surface area contributed by atoms with E-state index in [4.69, 9.17) is 10.0 Å². The second-order valence-electron chi connectivity index (χ2n) is 4.51. The van der Waals surface area contributed by atoms with Crippen LogP contribution in [0, 0.1) is 5.82 Å². The summed E-state index contributed by atoms with van der Waals surface area (Å²) < 4.78 is 15.5. The first kappa shape index (κ1) is 13.1. The lowest BCUT2D eigenvalue weighted by molar-refractivity contribution is 0.401. The quantitative estimate of drug-likeness (QED) is 0.610. The molecule has 0 aliphatic heterocycles. The van der Waals surface area contributed by atoms with E-state index in [9.17, 15) is 4.39 Å². The molecule has 0 unspecified atom stereocenters. The molecule has 0 bridgehead atoms. The Morgan fingerprint density at radius 3 is 2.72 bits per heavy atom. The Morgan fingerprint density at radius 1 is 1.11 bits per heavy atom. The van der Waals surface area contributed by atoms with E-state index in [0.29, 0.717) is 11.7 Å². The molecule has 18 heavy (non-hydrogen) atoms. The molecule has 1 heterocycles. The molecule has 2 aromatic rings. The third-order valence-corrected chi connectivity index (χ3v) is 3.12. The average molecular weight is 249 g/mol. The smallest absolute Gasteiger partial charge is 0.427 e. The Morgan fingerprint density at radius 2 is 1.94 bits per heavy atom. The summed E-state index contributed by atoms with van der Waals surface area (Å²) in [6.07, 6.45) is 5.00. The summed E-state index contributed by atoms with van der Waals surface area (Å²) in [7, 11) is -1.20. The van der Waals surface area contributed by atoms with Gasteiger partial charge in [-0.15, -0.1) is 0 Å². The highest BCUT2D eigenvalue weighted by atomic mass is 19.1. The van der Waals surface area contributed by atoms with Crippen LogP contribution in [0.5, 0.6) is 0 Å². The predicted octanol–water partition coefficient (Wildman–Crippen LogP) is 2.42. The number of unbranched alkanes of at least 4 members (excludes halogenated alkanes) is 2. The van der Waals surface area contributed by atoms with Crippen molar-refractivity contribution in [2.75, 3.05) is 0 Å². The minimum absolute atomic E-state index is 0.186. The van der Waals surface area contributed by atoms with Crippen LogP contribution in [0.2, 0.25) is 6.32 Å². The number of benzene rings is 1. The van der Waals surface area contributed by atoms with Gasteiger partial charge in [0.1, 0.15) is 5.82 Å². The summed E-state index contributed by atoms with van der Waals surface area (Å²) in [5, 5.41) is 18.1. The van der Waals surface area contributed by atoms with E-state index in [-0.39, 0.29) is 5.82 Å². The van der Waals surface area contributed by atoms with Gasteiger partial charge >= 0.3 is 7.12 Å². The lowest BCUT2D eigenvalue weighted by Gasteiger charge is -2.05. The molecule has 0 radical (unpaired) electrons. The first-order valence-corrected chi connectivity index (χ1v) is 6.28. The number of halogens is 1. The molecular weight excluding hydrogens is 232 g/mol. The van der Waals surface area contributed by atoms with Crippen LogP contribution in [-0.2, 0) is 6.54 Å². The summed E-state index contributed by atoms with van der Waals surface area (Å²) >= 11 is 0. The van der Waals surface area contributed by atoms with Gasteiger partial charge in [-0.2, -0.15) is 0 Å². The van der Waals surface area contributed by atoms with Crippen molar-refractivity contribution in [3.8, 4) is 0 Å². The molecule has 96 valence electrons. The molecule has 0 aliphatic carbocycles. The van der Waals surface area contributed by atoms with Crippen LogP contribution in [-0.4, -0.2) is 21.7 Å². The SMILES string of the molecule is OB(O)CCCCCn1ccc2c(F)cccc21. The molecule has 0 spiro atoms. The summed E-state index contributed by atoms with van der Waals surface area (Å²) in [6, 6.07) is 6.89. The van der Waals surface area contributed by atoms with Gasteiger partial charge in [-0.3, -0.25) is 0 Å². The lowest BCUT2D eigenvalue weighted by atomic mass is 9.83. The fraction of sp³-hybridized carbons (Fsp3) is 0.385. The highest BCUT2D eigenvalue weighted by Gasteiger charge is 2.06. The van der Waals surface area contributed by atoms with E-state index >= 15 is 0 Å². The van der Waals surface area contributed by atoms with Gasteiger partial charge < -0.3 is 14.6 Å². The van der Waals surface area contributed by atoms with Crippen LogP contribution >= 0.6 is 0 Å². The lowest BCUT2D eigenvalue weighted by Crippen LogP contribution is -2.09. The number of hydrogen-bond donors (Lipinski definition) is 2. The van der Waals surface area contributed by atoms with Gasteiger partial charge in [0.25, 0.3) is 0 Å². The summed E-state index contributed by atoms with van der Waals surface area (Å²) in [6.45, 7) is 0.828. The van der Waals surface area contributed by atoms with E-state index in [0.717, 1.165) is 31.3 Å². The number of nitrogens with zero attached hydrogens (tertiary/aromatic N) is 1. The van der Waals surface area contributed by atoms with E-state index in [1.807, 2.05) is 16.8 Å². The minimum Gasteiger partial charge on any atom is -0.427 e. The maximum absolute atomic E-state index is 13.5. The predicted molar refractivity (Wildman–Crippen MR) is 70.7 cm³/mol. The zero-order valence-electron chi connectivity index (χ0n) is 10.2. The zero-order chi connectivity index (χ0) is 13.0. The Kier molecular flexibility index (Phi) is 4.39. The third kappa shape index (κ3) is 3.12. The largest absolute Gasteiger partial charge is 0.451 e. The van der Waals surface area contributed by atoms with Crippen molar-refractivity contribution < 1.29 is 14.4 Å². The molecule has 0 fully saturated rings. The van der Waals surface area contributed by atoms with E-state index in [2.05, 4.69) is 0 Å². The van der Waals surface area contributed by atoms with E-state index < -0.39 is 7.12 Å². The first-order chi connectivity index (χ1) is 8.68. The second kappa shape index (κ2) is 6.02. The molecule has 1 aromatic heterocycles. The van der Waals surface area contributed by atoms with Gasteiger partial charge in [0.2, 0.25) is 0 Å². The highest BCUT2D eigenvalue weighted by molar-refractivity contribution is 6.40. The van der Waals surface area contributed by atoms with E-state index in [1.165, 1.54) is 6.07 Å². The highest BCUT2D eigenvalue weighted by Crippen LogP contribution is 2.19. The molecule has 0 amide bonds. The first-order valence-electron chi connectivity index (χ1n) is 6.28. The monoisotopic (exact) mass is 249 g/mol. The van der Waals surface area contributed by atoms with Gasteiger partial charge in [-0.1, -0.05) is 18.9 Å². The van der Waals surface area contributed by atoms with Crippen LogP contribution in [0.1, 0.15) is 19.3 Å². The normalized spacial score (nSPS) is 11.1. The Labute approximate surface area is 106 Å². The number of rotatable bonds is 6. The molecule has 0 aliphatic rings. The number of aromatic nitrogens is 1. The van der Waals surface area contributed by atoms with Gasteiger partial charge in [0.15, 0.2) is 0 Å². The van der Waals surface area contributed by atoms with Gasteiger partial charge in [0, 0.05) is 18.1 Å². The van der Waals surface area contributed by atoms with Crippen LogP contribution in [0.3, 0.4) is 0 Å². The van der Waals surface area contributed by atoms with Gasteiger partial charge in [-0.25, -0.2) is 4.39 Å². The maximum Gasteiger partial charge on any atom is 0.451 e. The second-order valence-corrected chi connectivity index (χ2v) is 4.51. The fourth-order valence-corrected chi connectivity index (χ4v) is 2.17. The molecule has 3 nitrogen and oxygen atoms in total. The molecule has 2 N–H and O–H groups in total. The van der Waals surface area contributed by atoms with Gasteiger partial charge in [-0.05, 0) is 30.9 Å². The fourth-order valence-electron chi connectivity index (χ4n) is 2.17. The van der Waals surface area contributed by atoms with Crippen molar-refractivity contribution in [2.45, 2.75) is 32.1 Å². The van der Waals surface area contributed by atoms with Crippen LogP contribution < -0.4 is 0 Å². The minimum atomic E-state index is -1.20. The molecule has 2 rings (SSSR count). The van der Waals surface area contributed by atoms with Crippen molar-refractivity contribution in [3.63, 3.8) is 0 Å². The molecule has 0 saturated heterocycles. The van der Waals surface area contributed by atoms with Crippen molar-refractivity contribution in [3.05, 3.63) is 36.3 Å². The Balaban J connectivity index is 1.90. The van der Waals surface area contributed by atoms with Crippen LogP contribution in [0.15, 0.2) is 30.5 Å². The molecular formula is C13H17BFNO2. The van der Waals surface area contributed by atoms with Gasteiger partial charge in [0.05, 0.1) is 5.52 Å². The van der Waals surface area contributed by atoms with Crippen molar-refractivity contribution >= 4 is 18.0 Å².